The highest BCUT2D eigenvalue weighted by Crippen LogP contribution is 2.25. The first-order valence-electron chi connectivity index (χ1n) is 6.68. The smallest absolute Gasteiger partial charge is 0.256 e. The summed E-state index contributed by atoms with van der Waals surface area (Å²) in [6.45, 7) is 3.33. The van der Waals surface area contributed by atoms with Gasteiger partial charge in [0, 0.05) is 37.8 Å². The Kier molecular flexibility index (Phi) is 3.59. The van der Waals surface area contributed by atoms with Crippen LogP contribution in [-0.2, 0) is 0 Å². The lowest BCUT2D eigenvalue weighted by molar-refractivity contribution is 0.0665. The number of fused-ring (bicyclic) bond motifs is 1. The van der Waals surface area contributed by atoms with Crippen LogP contribution >= 0.6 is 11.6 Å². The average molecular weight is 290 g/mol. The van der Waals surface area contributed by atoms with Crippen molar-refractivity contribution in [2.45, 2.75) is 0 Å². The van der Waals surface area contributed by atoms with Gasteiger partial charge in [0.1, 0.15) is 5.15 Å². The summed E-state index contributed by atoms with van der Waals surface area (Å²) in [5.41, 5.74) is 0.634. The zero-order valence-corrected chi connectivity index (χ0v) is 12.1. The van der Waals surface area contributed by atoms with Gasteiger partial charge < -0.3 is 9.80 Å². The normalized spacial score (nSPS) is 16.6. The number of aromatic nitrogens is 1. The van der Waals surface area contributed by atoms with E-state index in [2.05, 4.69) is 16.9 Å². The summed E-state index contributed by atoms with van der Waals surface area (Å²) in [5.74, 6) is 0.0402. The van der Waals surface area contributed by atoms with Crippen LogP contribution < -0.4 is 0 Å². The van der Waals surface area contributed by atoms with E-state index in [-0.39, 0.29) is 5.91 Å². The number of carbonyl (C=O) groups excluding carboxylic acids is 1. The Morgan fingerprint density at radius 3 is 2.50 bits per heavy atom. The molecule has 2 aromatic rings. The minimum absolute atomic E-state index is 0.0402. The van der Waals surface area contributed by atoms with Crippen molar-refractivity contribution in [1.82, 2.24) is 14.8 Å². The molecule has 1 aromatic heterocycles. The third-order valence-corrected chi connectivity index (χ3v) is 4.07. The van der Waals surface area contributed by atoms with Gasteiger partial charge in [-0.15, -0.1) is 0 Å². The van der Waals surface area contributed by atoms with E-state index in [9.17, 15) is 4.79 Å². The Hall–Kier alpha value is -1.65. The monoisotopic (exact) mass is 289 g/mol. The standard InChI is InChI=1S/C15H16ClN3O/c1-18-6-8-19(9-7-18)15(20)13-10-17-14(16)12-5-3-2-4-11(12)13/h2-5,10H,6-9H2,1H3. The van der Waals surface area contributed by atoms with E-state index in [0.717, 1.165) is 37.0 Å². The van der Waals surface area contributed by atoms with Crippen LogP contribution in [0.3, 0.4) is 0 Å². The second-order valence-corrected chi connectivity index (χ2v) is 5.46. The van der Waals surface area contributed by atoms with Crippen molar-refractivity contribution in [3.05, 3.63) is 41.2 Å². The lowest BCUT2D eigenvalue weighted by Crippen LogP contribution is -2.47. The predicted molar refractivity (Wildman–Crippen MR) is 80.2 cm³/mol. The number of piperazine rings is 1. The summed E-state index contributed by atoms with van der Waals surface area (Å²) in [6, 6.07) is 7.64. The molecule has 1 saturated heterocycles. The predicted octanol–water partition coefficient (Wildman–Crippen LogP) is 2.28. The second-order valence-electron chi connectivity index (χ2n) is 5.10. The molecule has 5 heteroatoms. The van der Waals surface area contributed by atoms with Crippen LogP contribution in [0.15, 0.2) is 30.5 Å². The molecule has 0 spiro atoms. The average Bonchev–Trinajstić information content (AvgIpc) is 2.48. The molecule has 4 nitrogen and oxygen atoms in total. The molecule has 0 N–H and O–H groups in total. The van der Waals surface area contributed by atoms with Gasteiger partial charge in [-0.25, -0.2) is 4.98 Å². The molecule has 0 atom stereocenters. The molecule has 0 unspecified atom stereocenters. The number of carbonyl (C=O) groups is 1. The molecule has 0 radical (unpaired) electrons. The van der Waals surface area contributed by atoms with Gasteiger partial charge >= 0.3 is 0 Å². The highest BCUT2D eigenvalue weighted by Gasteiger charge is 2.22. The van der Waals surface area contributed by atoms with Crippen molar-refractivity contribution in [2.75, 3.05) is 33.2 Å². The molecule has 0 aliphatic carbocycles. The second kappa shape index (κ2) is 5.38. The van der Waals surface area contributed by atoms with E-state index in [1.54, 1.807) is 6.20 Å². The number of rotatable bonds is 1. The number of benzene rings is 1. The highest BCUT2D eigenvalue weighted by molar-refractivity contribution is 6.34. The molecule has 3 rings (SSSR count). The summed E-state index contributed by atoms with van der Waals surface area (Å²) in [5, 5.41) is 2.14. The molecule has 20 heavy (non-hydrogen) atoms. The SMILES string of the molecule is CN1CCN(C(=O)c2cnc(Cl)c3ccccc23)CC1. The highest BCUT2D eigenvalue weighted by atomic mass is 35.5. The third-order valence-electron chi connectivity index (χ3n) is 3.77. The van der Waals surface area contributed by atoms with Crippen LogP contribution in [0, 0.1) is 0 Å². The molecule has 1 aromatic carbocycles. The first-order chi connectivity index (χ1) is 9.66. The first-order valence-corrected chi connectivity index (χ1v) is 7.05. The number of likely N-dealkylation sites (N-methyl/N-ethyl adjacent to an activating group) is 1. The van der Waals surface area contributed by atoms with Gasteiger partial charge in [0.05, 0.1) is 5.56 Å². The van der Waals surface area contributed by atoms with Crippen molar-refractivity contribution in [3.8, 4) is 0 Å². The van der Waals surface area contributed by atoms with Crippen LogP contribution in [0.4, 0.5) is 0 Å². The zero-order chi connectivity index (χ0) is 14.1. The number of amides is 1. The molecular weight excluding hydrogens is 274 g/mol. The number of hydrogen-bond acceptors (Lipinski definition) is 3. The summed E-state index contributed by atoms with van der Waals surface area (Å²) in [4.78, 5) is 20.9. The topological polar surface area (TPSA) is 36.4 Å². The Labute approximate surface area is 123 Å². The number of halogens is 1. The van der Waals surface area contributed by atoms with Crippen molar-refractivity contribution in [1.29, 1.82) is 0 Å². The van der Waals surface area contributed by atoms with Gasteiger partial charge in [-0.1, -0.05) is 35.9 Å². The third kappa shape index (κ3) is 2.37. The van der Waals surface area contributed by atoms with Crippen molar-refractivity contribution in [3.63, 3.8) is 0 Å². The molecule has 2 heterocycles. The minimum Gasteiger partial charge on any atom is -0.336 e. The van der Waals surface area contributed by atoms with Crippen LogP contribution in [0.2, 0.25) is 5.15 Å². The number of nitrogens with zero attached hydrogens (tertiary/aromatic N) is 3. The van der Waals surface area contributed by atoms with Crippen LogP contribution in [0.1, 0.15) is 10.4 Å². The van der Waals surface area contributed by atoms with Gasteiger partial charge in [-0.2, -0.15) is 0 Å². The fraction of sp³-hybridized carbons (Fsp3) is 0.333. The van der Waals surface area contributed by atoms with Crippen LogP contribution in [0.5, 0.6) is 0 Å². The number of pyridine rings is 1. The zero-order valence-electron chi connectivity index (χ0n) is 11.3. The van der Waals surface area contributed by atoms with Gasteiger partial charge in [0.15, 0.2) is 0 Å². The fourth-order valence-corrected chi connectivity index (χ4v) is 2.72. The van der Waals surface area contributed by atoms with E-state index in [4.69, 9.17) is 11.6 Å². The maximum atomic E-state index is 12.7. The van der Waals surface area contributed by atoms with E-state index in [1.807, 2.05) is 29.2 Å². The van der Waals surface area contributed by atoms with Crippen molar-refractivity contribution in [2.24, 2.45) is 0 Å². The van der Waals surface area contributed by atoms with E-state index in [1.165, 1.54) is 0 Å². The maximum Gasteiger partial charge on any atom is 0.256 e. The van der Waals surface area contributed by atoms with Gasteiger partial charge in [0.2, 0.25) is 0 Å². The fourth-order valence-electron chi connectivity index (χ4n) is 2.51. The molecule has 1 aliphatic rings. The molecule has 0 bridgehead atoms. The lowest BCUT2D eigenvalue weighted by atomic mass is 10.1. The Morgan fingerprint density at radius 2 is 1.80 bits per heavy atom. The van der Waals surface area contributed by atoms with Gasteiger partial charge in [-0.05, 0) is 12.4 Å². The number of hydrogen-bond donors (Lipinski definition) is 0. The summed E-state index contributed by atoms with van der Waals surface area (Å²) >= 11 is 6.10. The van der Waals surface area contributed by atoms with Gasteiger partial charge in [-0.3, -0.25) is 4.79 Å². The molecular formula is C15H16ClN3O. The van der Waals surface area contributed by atoms with E-state index >= 15 is 0 Å². The largest absolute Gasteiger partial charge is 0.336 e. The quantitative estimate of drug-likeness (QED) is 0.756. The Balaban J connectivity index is 1.98. The van der Waals surface area contributed by atoms with E-state index < -0.39 is 0 Å². The molecule has 0 saturated carbocycles. The summed E-state index contributed by atoms with van der Waals surface area (Å²) in [7, 11) is 2.07. The van der Waals surface area contributed by atoms with Crippen LogP contribution in [0.25, 0.3) is 10.8 Å². The minimum atomic E-state index is 0.0402. The lowest BCUT2D eigenvalue weighted by Gasteiger charge is -2.32. The Morgan fingerprint density at radius 1 is 1.15 bits per heavy atom. The van der Waals surface area contributed by atoms with Crippen molar-refractivity contribution < 1.29 is 4.79 Å². The summed E-state index contributed by atoms with van der Waals surface area (Å²) < 4.78 is 0. The van der Waals surface area contributed by atoms with Crippen LogP contribution in [-0.4, -0.2) is 53.9 Å². The molecule has 1 fully saturated rings. The van der Waals surface area contributed by atoms with Crippen molar-refractivity contribution >= 4 is 28.3 Å². The first kappa shape index (κ1) is 13.3. The maximum absolute atomic E-state index is 12.7. The molecule has 1 amide bonds. The van der Waals surface area contributed by atoms with E-state index in [0.29, 0.717) is 10.7 Å². The summed E-state index contributed by atoms with van der Waals surface area (Å²) in [6.07, 6.45) is 1.59. The molecule has 1 aliphatic heterocycles. The molecule has 104 valence electrons. The Bertz CT molecular complexity index is 651. The van der Waals surface area contributed by atoms with Gasteiger partial charge in [0.25, 0.3) is 5.91 Å².